The molecule has 0 radical (unpaired) electrons. The maximum atomic E-state index is 12.6. The van der Waals surface area contributed by atoms with Gasteiger partial charge in [0.2, 0.25) is 5.91 Å². The van der Waals surface area contributed by atoms with E-state index in [4.69, 9.17) is 9.47 Å². The first-order valence-corrected chi connectivity index (χ1v) is 10.4. The van der Waals surface area contributed by atoms with Crippen molar-refractivity contribution in [2.45, 2.75) is 19.4 Å². The van der Waals surface area contributed by atoms with Gasteiger partial charge in [-0.25, -0.2) is 0 Å². The van der Waals surface area contributed by atoms with Crippen LogP contribution in [0.3, 0.4) is 0 Å². The molecule has 29 heavy (non-hydrogen) atoms. The van der Waals surface area contributed by atoms with Crippen molar-refractivity contribution in [1.29, 1.82) is 0 Å². The molecular formula is C23H26N2O3S. The van der Waals surface area contributed by atoms with E-state index < -0.39 is 0 Å². The molecule has 0 spiro atoms. The lowest BCUT2D eigenvalue weighted by atomic mass is 10.0. The molecule has 2 N–H and O–H groups in total. The molecule has 6 heteroatoms. The zero-order chi connectivity index (χ0) is 20.6. The summed E-state index contributed by atoms with van der Waals surface area (Å²) in [6, 6.07) is 17.9. The lowest BCUT2D eigenvalue weighted by molar-refractivity contribution is -0.115. The Balaban J connectivity index is 1.70. The Morgan fingerprint density at radius 1 is 1.07 bits per heavy atom. The van der Waals surface area contributed by atoms with Crippen LogP contribution in [-0.2, 0) is 11.2 Å². The molecule has 1 aromatic heterocycles. The highest BCUT2D eigenvalue weighted by Crippen LogP contribution is 2.29. The fraction of sp³-hybridized carbons (Fsp3) is 0.261. The number of hydrogen-bond donors (Lipinski definition) is 2. The highest BCUT2D eigenvalue weighted by Gasteiger charge is 2.17. The minimum absolute atomic E-state index is 0.0376. The van der Waals surface area contributed by atoms with Gasteiger partial charge in [0.15, 0.2) is 0 Å². The summed E-state index contributed by atoms with van der Waals surface area (Å²) in [6.45, 7) is 2.31. The fourth-order valence-corrected chi connectivity index (χ4v) is 3.90. The maximum absolute atomic E-state index is 12.6. The minimum atomic E-state index is -0.139. The van der Waals surface area contributed by atoms with Crippen molar-refractivity contribution in [2.24, 2.45) is 0 Å². The van der Waals surface area contributed by atoms with E-state index >= 15 is 0 Å². The number of ether oxygens (including phenoxy) is 2. The smallest absolute Gasteiger partial charge is 0.238 e. The zero-order valence-corrected chi connectivity index (χ0v) is 17.7. The number of aryl methyl sites for hydroxylation is 1. The molecule has 0 saturated carbocycles. The summed E-state index contributed by atoms with van der Waals surface area (Å²) in [5, 5.41) is 8.34. The molecule has 2 aromatic carbocycles. The molecule has 0 aliphatic heterocycles. The Labute approximate surface area is 175 Å². The van der Waals surface area contributed by atoms with Gasteiger partial charge in [0.05, 0.1) is 32.5 Å². The molecule has 1 atom stereocenters. The number of carbonyl (C=O) groups is 1. The molecule has 1 heterocycles. The third-order valence-corrected chi connectivity index (χ3v) is 5.64. The first-order chi connectivity index (χ1) is 14.1. The molecule has 0 fully saturated rings. The molecule has 0 saturated heterocycles. The van der Waals surface area contributed by atoms with Gasteiger partial charge in [0, 0.05) is 10.9 Å². The summed E-state index contributed by atoms with van der Waals surface area (Å²) in [7, 11) is 3.16. The quantitative estimate of drug-likeness (QED) is 0.539. The van der Waals surface area contributed by atoms with E-state index in [2.05, 4.69) is 47.9 Å². The summed E-state index contributed by atoms with van der Waals surface area (Å²) < 4.78 is 10.5. The number of methoxy groups -OCH3 is 2. The average molecular weight is 411 g/mol. The number of rotatable bonds is 9. The van der Waals surface area contributed by atoms with E-state index in [1.807, 2.05) is 11.4 Å². The predicted molar refractivity (Wildman–Crippen MR) is 118 cm³/mol. The molecule has 0 aliphatic rings. The van der Waals surface area contributed by atoms with Crippen LogP contribution in [0.15, 0.2) is 60.0 Å². The lowest BCUT2D eigenvalue weighted by Crippen LogP contribution is -2.31. The van der Waals surface area contributed by atoms with Gasteiger partial charge in [0.25, 0.3) is 0 Å². The normalized spacial score (nSPS) is 11.7. The number of amides is 1. The number of hydrogen-bond acceptors (Lipinski definition) is 5. The van der Waals surface area contributed by atoms with Gasteiger partial charge in [0.1, 0.15) is 11.5 Å². The average Bonchev–Trinajstić information content (AvgIpc) is 3.29. The largest absolute Gasteiger partial charge is 0.497 e. The summed E-state index contributed by atoms with van der Waals surface area (Å²) >= 11 is 1.67. The van der Waals surface area contributed by atoms with Crippen molar-refractivity contribution in [3.8, 4) is 11.5 Å². The molecule has 3 rings (SSSR count). The summed E-state index contributed by atoms with van der Waals surface area (Å²) in [4.78, 5) is 13.8. The van der Waals surface area contributed by atoms with Crippen LogP contribution in [0.25, 0.3) is 0 Å². The second kappa shape index (κ2) is 10.1. The van der Waals surface area contributed by atoms with Gasteiger partial charge in [-0.05, 0) is 41.1 Å². The highest BCUT2D eigenvalue weighted by atomic mass is 32.1. The van der Waals surface area contributed by atoms with Gasteiger partial charge < -0.3 is 14.8 Å². The highest BCUT2D eigenvalue weighted by molar-refractivity contribution is 7.10. The number of thiophene rings is 1. The van der Waals surface area contributed by atoms with Crippen LogP contribution >= 0.6 is 11.3 Å². The number of anilines is 1. The van der Waals surface area contributed by atoms with E-state index in [1.165, 1.54) is 10.4 Å². The van der Waals surface area contributed by atoms with Crippen LogP contribution < -0.4 is 20.1 Å². The second-order valence-corrected chi connectivity index (χ2v) is 7.52. The lowest BCUT2D eigenvalue weighted by Gasteiger charge is -2.19. The minimum Gasteiger partial charge on any atom is -0.497 e. The molecular weight excluding hydrogens is 384 g/mol. The molecule has 1 amide bonds. The number of benzene rings is 2. The molecule has 152 valence electrons. The molecule has 0 unspecified atom stereocenters. The monoisotopic (exact) mass is 410 g/mol. The van der Waals surface area contributed by atoms with E-state index in [-0.39, 0.29) is 18.5 Å². The zero-order valence-electron chi connectivity index (χ0n) is 16.9. The Hall–Kier alpha value is -2.83. The van der Waals surface area contributed by atoms with E-state index in [9.17, 15) is 4.79 Å². The van der Waals surface area contributed by atoms with Crippen LogP contribution in [0.4, 0.5) is 5.69 Å². The van der Waals surface area contributed by atoms with Gasteiger partial charge in [-0.3, -0.25) is 10.1 Å². The van der Waals surface area contributed by atoms with Gasteiger partial charge >= 0.3 is 0 Å². The first-order valence-electron chi connectivity index (χ1n) is 9.52. The van der Waals surface area contributed by atoms with Crippen molar-refractivity contribution < 1.29 is 14.3 Å². The van der Waals surface area contributed by atoms with Crippen molar-refractivity contribution in [2.75, 3.05) is 26.1 Å². The maximum Gasteiger partial charge on any atom is 0.238 e. The summed E-state index contributed by atoms with van der Waals surface area (Å²) in [6.07, 6.45) is 1.00. The Morgan fingerprint density at radius 3 is 2.48 bits per heavy atom. The van der Waals surface area contributed by atoms with Crippen LogP contribution in [0, 0.1) is 0 Å². The van der Waals surface area contributed by atoms with Gasteiger partial charge in [-0.2, -0.15) is 0 Å². The van der Waals surface area contributed by atoms with E-state index in [1.54, 1.807) is 43.8 Å². The first kappa shape index (κ1) is 20.9. The topological polar surface area (TPSA) is 59.6 Å². The van der Waals surface area contributed by atoms with Crippen molar-refractivity contribution in [3.05, 3.63) is 76.0 Å². The van der Waals surface area contributed by atoms with Crippen LogP contribution in [-0.4, -0.2) is 26.7 Å². The SMILES string of the molecule is CCc1ccc([C@H](NCC(=O)Nc2ccc(OC)cc2OC)c2cccs2)cc1. The Morgan fingerprint density at radius 2 is 1.86 bits per heavy atom. The second-order valence-electron chi connectivity index (χ2n) is 6.54. The molecule has 5 nitrogen and oxygen atoms in total. The number of nitrogens with one attached hydrogen (secondary N) is 2. The molecule has 3 aromatic rings. The number of carbonyl (C=O) groups excluding carboxylic acids is 1. The third kappa shape index (κ3) is 5.37. The Kier molecular flexibility index (Phi) is 7.27. The standard InChI is InChI=1S/C23H26N2O3S/c1-4-16-7-9-17(10-8-16)23(21-6-5-13-29-21)24-15-22(26)25-19-12-11-18(27-2)14-20(19)28-3/h5-14,23-24H,4,15H2,1-3H3,(H,25,26)/t23-/m0/s1. The summed E-state index contributed by atoms with van der Waals surface area (Å²) in [5.41, 5.74) is 3.04. The van der Waals surface area contributed by atoms with Crippen LogP contribution in [0.2, 0.25) is 0 Å². The third-order valence-electron chi connectivity index (χ3n) is 4.70. The van der Waals surface area contributed by atoms with Gasteiger partial charge in [-0.15, -0.1) is 11.3 Å². The molecule has 0 aliphatic carbocycles. The van der Waals surface area contributed by atoms with Crippen molar-refractivity contribution in [1.82, 2.24) is 5.32 Å². The van der Waals surface area contributed by atoms with E-state index in [0.29, 0.717) is 17.2 Å². The summed E-state index contributed by atoms with van der Waals surface area (Å²) in [5.74, 6) is 1.09. The fourth-order valence-electron chi connectivity index (χ4n) is 3.07. The van der Waals surface area contributed by atoms with Crippen molar-refractivity contribution in [3.63, 3.8) is 0 Å². The van der Waals surface area contributed by atoms with E-state index in [0.717, 1.165) is 12.0 Å². The van der Waals surface area contributed by atoms with Crippen LogP contribution in [0.5, 0.6) is 11.5 Å². The molecule has 0 bridgehead atoms. The predicted octanol–water partition coefficient (Wildman–Crippen LogP) is 4.65. The Bertz CT molecular complexity index is 924. The van der Waals surface area contributed by atoms with Crippen molar-refractivity contribution >= 4 is 22.9 Å². The van der Waals surface area contributed by atoms with Gasteiger partial charge in [-0.1, -0.05) is 37.3 Å². The van der Waals surface area contributed by atoms with Crippen LogP contribution in [0.1, 0.15) is 29.0 Å².